The van der Waals surface area contributed by atoms with E-state index in [2.05, 4.69) is 15.3 Å². The number of aliphatic carboxylic acids is 2. The quantitative estimate of drug-likeness (QED) is 0.370. The van der Waals surface area contributed by atoms with E-state index in [1.54, 1.807) is 0 Å². The number of carboxylic acids is 2. The highest BCUT2D eigenvalue weighted by Crippen LogP contribution is 2.32. The molecule has 0 spiro atoms. The van der Waals surface area contributed by atoms with Gasteiger partial charge in [-0.3, -0.25) is 14.8 Å². The number of sulfone groups is 1. The second-order valence-electron chi connectivity index (χ2n) is 6.03. The summed E-state index contributed by atoms with van der Waals surface area (Å²) in [5, 5.41) is 40.0. The average molecular weight is 465 g/mol. The monoisotopic (exact) mass is 465 g/mol. The number of hydrogen-bond donors (Lipinski definition) is 5. The number of carboxylic acid groups (broad SMARTS) is 2. The van der Waals surface area contributed by atoms with Gasteiger partial charge in [0.1, 0.15) is 21.7 Å². The molecule has 3 rings (SSSR count). The van der Waals surface area contributed by atoms with Crippen molar-refractivity contribution in [2.45, 2.75) is 23.5 Å². The molecule has 31 heavy (non-hydrogen) atoms. The molecule has 0 fully saturated rings. The van der Waals surface area contributed by atoms with Gasteiger partial charge >= 0.3 is 18.1 Å². The van der Waals surface area contributed by atoms with Crippen LogP contribution in [0.1, 0.15) is 12.0 Å². The third kappa shape index (κ3) is 4.66. The summed E-state index contributed by atoms with van der Waals surface area (Å²) in [4.78, 5) is 27.3. The summed E-state index contributed by atoms with van der Waals surface area (Å²) < 4.78 is 55.9. The summed E-state index contributed by atoms with van der Waals surface area (Å²) in [5.41, 5.74) is 0.437. The first-order valence-electron chi connectivity index (χ1n) is 8.07. The zero-order chi connectivity index (χ0) is 23.7. The molecule has 15 heteroatoms. The molecule has 1 aromatic carbocycles. The van der Waals surface area contributed by atoms with Crippen molar-refractivity contribution in [1.82, 2.24) is 5.32 Å². The van der Waals surface area contributed by atoms with E-state index in [1.807, 2.05) is 0 Å². The van der Waals surface area contributed by atoms with E-state index in [9.17, 15) is 36.6 Å². The Hall–Kier alpha value is -3.46. The first-order valence-corrected chi connectivity index (χ1v) is 9.61. The van der Waals surface area contributed by atoms with Crippen molar-refractivity contribution >= 4 is 27.3 Å². The highest BCUT2D eigenvalue weighted by atomic mass is 32.2. The van der Waals surface area contributed by atoms with Crippen LogP contribution in [0.2, 0.25) is 0 Å². The van der Waals surface area contributed by atoms with Gasteiger partial charge < -0.3 is 25.7 Å². The number of carbonyl (C=O) groups is 2. The Morgan fingerprint density at radius 3 is 2.19 bits per heavy atom. The average Bonchev–Trinajstić information content (AvgIpc) is 3.07. The smallest absolute Gasteiger partial charge is 0.490 e. The molecule has 2 heterocycles. The molecule has 0 saturated heterocycles. The number of halogens is 3. The van der Waals surface area contributed by atoms with E-state index in [4.69, 9.17) is 15.0 Å². The largest absolute Gasteiger partial charge is 0.505 e. The Bertz CT molecular complexity index is 1240. The van der Waals surface area contributed by atoms with Crippen LogP contribution in [0.15, 0.2) is 32.7 Å². The summed E-state index contributed by atoms with van der Waals surface area (Å²) in [6, 6.07) is -0.935. The highest BCUT2D eigenvalue weighted by Gasteiger charge is 2.38. The summed E-state index contributed by atoms with van der Waals surface area (Å²) in [5.74, 6) is -4.93. The Kier molecular flexibility index (Phi) is 6.41. The third-order valence-electron chi connectivity index (χ3n) is 4.06. The second-order valence-corrected chi connectivity index (χ2v) is 7.80. The maximum atomic E-state index is 12.1. The number of nitrogens with one attached hydrogen (secondary N) is 1. The van der Waals surface area contributed by atoms with Gasteiger partial charge in [-0.25, -0.2) is 13.2 Å². The predicted molar refractivity (Wildman–Crippen MR) is 95.2 cm³/mol. The van der Waals surface area contributed by atoms with Gasteiger partial charge in [0.15, 0.2) is 11.5 Å². The Labute approximate surface area is 171 Å². The molecule has 168 valence electrons. The molecular weight excluding hydrogens is 451 g/mol. The fraction of sp³-hybridized carbons (Fsp3) is 0.250. The number of alkyl halides is 3. The van der Waals surface area contributed by atoms with Crippen molar-refractivity contribution < 1.29 is 51.6 Å². The van der Waals surface area contributed by atoms with Crippen LogP contribution >= 0.6 is 0 Å². The fourth-order valence-corrected chi connectivity index (χ4v) is 3.79. The predicted octanol–water partition coefficient (Wildman–Crippen LogP) is -0.354. The van der Waals surface area contributed by atoms with Crippen molar-refractivity contribution in [2.24, 2.45) is 9.98 Å². The van der Waals surface area contributed by atoms with Crippen molar-refractivity contribution in [2.75, 3.05) is 7.05 Å². The molecule has 0 radical (unpaired) electrons. The lowest BCUT2D eigenvalue weighted by molar-refractivity contribution is -0.192. The van der Waals surface area contributed by atoms with Crippen molar-refractivity contribution in [1.29, 1.82) is 0 Å². The zero-order valence-corrected chi connectivity index (χ0v) is 16.2. The van der Waals surface area contributed by atoms with Crippen LogP contribution in [-0.2, 0) is 19.4 Å². The zero-order valence-electron chi connectivity index (χ0n) is 15.4. The minimum Gasteiger partial charge on any atom is -0.505 e. The number of aromatic hydroxyl groups is 2. The number of fused-ring (bicyclic) bond motifs is 2. The highest BCUT2D eigenvalue weighted by molar-refractivity contribution is 7.94. The standard InChI is InChI=1S/C14H13N3O6S.C2HF3O2/c1-15-7(14(20)21)4-6-5-17-9-8(6)11(18)10-13(12(9)19)24(22,23)3-2-16-10;3-2(4,5)1(6)7/h2-3,5,7,15,18-19H,4H2,1H3,(H,20,21);(H,6,7)/t7-;/m0./s1. The number of nitrogens with zero attached hydrogens (tertiary/aromatic N) is 2. The van der Waals surface area contributed by atoms with Crippen LogP contribution in [0.5, 0.6) is 11.5 Å². The maximum absolute atomic E-state index is 12.1. The number of rotatable bonds is 4. The van der Waals surface area contributed by atoms with E-state index in [-0.39, 0.29) is 22.7 Å². The van der Waals surface area contributed by atoms with Crippen LogP contribution in [0.25, 0.3) is 5.57 Å². The molecule has 0 saturated carbocycles. The fourth-order valence-electron chi connectivity index (χ4n) is 2.64. The number of likely N-dealkylation sites (N-methyl/N-ethyl adjacent to an activating group) is 1. The van der Waals surface area contributed by atoms with Gasteiger partial charge in [0.25, 0.3) is 0 Å². The molecule has 2 aliphatic heterocycles. The normalized spacial score (nSPS) is 16.5. The first kappa shape index (κ1) is 23.8. The molecule has 1 aromatic rings. The van der Waals surface area contributed by atoms with Gasteiger partial charge in [-0.2, -0.15) is 13.2 Å². The van der Waals surface area contributed by atoms with E-state index < -0.39 is 50.4 Å². The van der Waals surface area contributed by atoms with E-state index in [0.717, 1.165) is 11.6 Å². The minimum atomic E-state index is -5.08. The van der Waals surface area contributed by atoms with Crippen LogP contribution in [-0.4, -0.2) is 60.0 Å². The number of hydrogen-bond acceptors (Lipinski definition) is 9. The molecule has 11 nitrogen and oxygen atoms in total. The molecule has 1 atom stereocenters. The lowest BCUT2D eigenvalue weighted by Gasteiger charge is -2.15. The van der Waals surface area contributed by atoms with Gasteiger partial charge in [0, 0.05) is 18.8 Å². The van der Waals surface area contributed by atoms with Crippen molar-refractivity contribution in [3.63, 3.8) is 0 Å². The topological polar surface area (TPSA) is 186 Å². The van der Waals surface area contributed by atoms with Crippen LogP contribution in [0.4, 0.5) is 13.2 Å². The van der Waals surface area contributed by atoms with Crippen LogP contribution in [0, 0.1) is 0 Å². The summed E-state index contributed by atoms with van der Waals surface area (Å²) in [7, 11) is -2.47. The summed E-state index contributed by atoms with van der Waals surface area (Å²) >= 11 is 0. The molecule has 5 N–H and O–H groups in total. The molecule has 0 aromatic heterocycles. The van der Waals surface area contributed by atoms with Gasteiger partial charge in [0.2, 0.25) is 9.84 Å². The maximum Gasteiger partial charge on any atom is 0.490 e. The van der Waals surface area contributed by atoms with E-state index in [0.29, 0.717) is 5.57 Å². The Morgan fingerprint density at radius 2 is 1.71 bits per heavy atom. The summed E-state index contributed by atoms with van der Waals surface area (Å²) in [6.07, 6.45) is -2.80. The summed E-state index contributed by atoms with van der Waals surface area (Å²) in [6.45, 7) is 0. The van der Waals surface area contributed by atoms with Crippen LogP contribution in [0.3, 0.4) is 0 Å². The molecular formula is C16H14F3N3O8S. The number of phenolic OH excluding ortho intramolecular Hbond substituents is 2. The lowest BCUT2D eigenvalue weighted by Crippen LogP contribution is -2.34. The second kappa shape index (κ2) is 8.35. The molecule has 0 bridgehead atoms. The van der Waals surface area contributed by atoms with Crippen molar-refractivity contribution in [3.05, 3.63) is 34.1 Å². The molecule has 0 amide bonds. The Morgan fingerprint density at radius 1 is 1.13 bits per heavy atom. The molecule has 0 aliphatic carbocycles. The number of benzene rings is 1. The van der Waals surface area contributed by atoms with Crippen molar-refractivity contribution in [3.8, 4) is 11.5 Å². The lowest BCUT2D eigenvalue weighted by atomic mass is 9.98. The Balaban J connectivity index is 0.000000423. The van der Waals surface area contributed by atoms with Gasteiger partial charge in [-0.05, 0) is 12.6 Å². The third-order valence-corrected chi connectivity index (χ3v) is 5.50. The minimum absolute atomic E-state index is 0.0172. The van der Waals surface area contributed by atoms with Gasteiger partial charge in [0.05, 0.1) is 11.0 Å². The van der Waals surface area contributed by atoms with E-state index in [1.165, 1.54) is 13.2 Å². The van der Waals surface area contributed by atoms with Gasteiger partial charge in [-0.15, -0.1) is 0 Å². The SMILES string of the molecule is CN[C@@H](CC1=CN=c2c(O)c3c(c(O)c21)=NC=CS3(=O)=O)C(=O)O.O=C(O)C(F)(F)F. The van der Waals surface area contributed by atoms with Gasteiger partial charge in [-0.1, -0.05) is 0 Å². The van der Waals surface area contributed by atoms with Crippen LogP contribution < -0.4 is 16.0 Å². The molecule has 0 unspecified atom stereocenters. The van der Waals surface area contributed by atoms with E-state index >= 15 is 0 Å². The first-order chi connectivity index (χ1) is 14.2. The molecule has 2 aliphatic rings. The number of phenols is 2.